The highest BCUT2D eigenvalue weighted by Gasteiger charge is 2.32. The molecule has 1 N–H and O–H groups in total. The molecule has 1 aliphatic heterocycles. The fraction of sp³-hybridized carbons (Fsp3) is 0.222. The summed E-state index contributed by atoms with van der Waals surface area (Å²) in [6.45, 7) is -0.595. The summed E-state index contributed by atoms with van der Waals surface area (Å²) in [6, 6.07) is 5.15. The van der Waals surface area contributed by atoms with E-state index in [9.17, 15) is 9.70 Å². The molecule has 0 atom stereocenters. The highest BCUT2D eigenvalue weighted by Crippen LogP contribution is 2.20. The summed E-state index contributed by atoms with van der Waals surface area (Å²) in [7, 11) is 0. The van der Waals surface area contributed by atoms with E-state index < -0.39 is 5.97 Å². The predicted octanol–water partition coefficient (Wildman–Crippen LogP) is 0.210. The summed E-state index contributed by atoms with van der Waals surface area (Å²) in [5.41, 5.74) is 1.91. The molecule has 0 aliphatic carbocycles. The van der Waals surface area contributed by atoms with E-state index >= 15 is 0 Å². The molecule has 1 aliphatic rings. The number of benzene rings is 1. The van der Waals surface area contributed by atoms with Crippen LogP contribution >= 0.6 is 0 Å². The highest BCUT2D eigenvalue weighted by molar-refractivity contribution is 6.75. The van der Waals surface area contributed by atoms with Gasteiger partial charge in [0, 0.05) is 0 Å². The second-order valence-corrected chi connectivity index (χ2v) is 3.37. The lowest BCUT2D eigenvalue weighted by molar-refractivity contribution is -0.139. The Labute approximate surface area is 86.1 Å². The van der Waals surface area contributed by atoms with Gasteiger partial charge in [0.2, 0.25) is 0 Å². The number of carboxylic acid groups (broad SMARTS) is 1. The molecule has 0 saturated carbocycles. The minimum Gasteiger partial charge on any atom is -0.482 e. The number of nitrogens with zero attached hydrogens (tertiary/aromatic N) is 1. The average Bonchev–Trinajstić information content (AvgIpc) is 2.18. The standard InChI is InChI=1S/C9H8BNO4/c12-9(13)5-15-7-1-2-8-6(3-7)4-10(8)11-14/h1-3H,4-5H2,(H,12,13). The maximum absolute atomic E-state index is 10.3. The third kappa shape index (κ3) is 1.83. The molecule has 0 aromatic heterocycles. The summed E-state index contributed by atoms with van der Waals surface area (Å²) in [6.07, 6.45) is 0.614. The van der Waals surface area contributed by atoms with Crippen LogP contribution in [0.2, 0.25) is 0 Å². The Morgan fingerprint density at radius 3 is 3.00 bits per heavy atom. The zero-order chi connectivity index (χ0) is 10.8. The van der Waals surface area contributed by atoms with E-state index in [-0.39, 0.29) is 13.5 Å². The van der Waals surface area contributed by atoms with Crippen LogP contribution in [0.3, 0.4) is 0 Å². The molecule has 1 aromatic carbocycles. The molecule has 0 saturated heterocycles. The highest BCUT2D eigenvalue weighted by atomic mass is 16.5. The van der Waals surface area contributed by atoms with E-state index in [1.165, 1.54) is 0 Å². The zero-order valence-corrected chi connectivity index (χ0v) is 7.84. The Morgan fingerprint density at radius 2 is 2.40 bits per heavy atom. The van der Waals surface area contributed by atoms with Crippen LogP contribution < -0.4 is 10.2 Å². The second-order valence-electron chi connectivity index (χ2n) is 3.37. The third-order valence-corrected chi connectivity index (χ3v) is 2.38. The first-order valence-corrected chi connectivity index (χ1v) is 4.50. The Hall–Kier alpha value is -1.85. The van der Waals surface area contributed by atoms with Crippen LogP contribution in [0.1, 0.15) is 5.56 Å². The predicted molar refractivity (Wildman–Crippen MR) is 54.5 cm³/mol. The molecule has 0 spiro atoms. The third-order valence-electron chi connectivity index (χ3n) is 2.38. The van der Waals surface area contributed by atoms with E-state index in [1.54, 1.807) is 18.2 Å². The van der Waals surface area contributed by atoms with Crippen LogP contribution in [0.25, 0.3) is 0 Å². The number of aliphatic carboxylic acids is 1. The van der Waals surface area contributed by atoms with E-state index in [0.29, 0.717) is 12.1 Å². The normalized spacial score (nSPS) is 12.7. The molecule has 5 nitrogen and oxygen atoms in total. The Bertz CT molecular complexity index is 421. The zero-order valence-electron chi connectivity index (χ0n) is 7.84. The largest absolute Gasteiger partial charge is 0.482 e. The van der Waals surface area contributed by atoms with E-state index in [4.69, 9.17) is 9.84 Å². The Balaban J connectivity index is 2.08. The van der Waals surface area contributed by atoms with Gasteiger partial charge < -0.3 is 9.84 Å². The summed E-state index contributed by atoms with van der Waals surface area (Å²) >= 11 is 0. The molecule has 2 rings (SSSR count). The van der Waals surface area contributed by atoms with Crippen molar-refractivity contribution in [3.8, 4) is 5.75 Å². The maximum Gasteiger partial charge on any atom is 0.374 e. The molecule has 0 amide bonds. The first kappa shape index (κ1) is 9.70. The van der Waals surface area contributed by atoms with Crippen molar-refractivity contribution >= 4 is 18.3 Å². The summed E-state index contributed by atoms with van der Waals surface area (Å²) < 4.78 is 5.00. The quantitative estimate of drug-likeness (QED) is 0.563. The molecule has 1 aromatic rings. The number of fused-ring (bicyclic) bond motifs is 1. The van der Waals surface area contributed by atoms with Gasteiger partial charge in [-0.15, -0.1) is 5.09 Å². The Kier molecular flexibility index (Phi) is 2.41. The van der Waals surface area contributed by atoms with Crippen molar-refractivity contribution in [2.24, 2.45) is 5.09 Å². The van der Waals surface area contributed by atoms with Crippen molar-refractivity contribution in [1.29, 1.82) is 0 Å². The van der Waals surface area contributed by atoms with Crippen molar-refractivity contribution in [2.75, 3.05) is 6.61 Å². The molecule has 0 fully saturated rings. The van der Waals surface area contributed by atoms with Gasteiger partial charge in [0.05, 0.1) is 0 Å². The fourth-order valence-corrected chi connectivity index (χ4v) is 1.60. The van der Waals surface area contributed by atoms with Gasteiger partial charge in [0.15, 0.2) is 6.61 Å². The van der Waals surface area contributed by atoms with Gasteiger partial charge in [-0.25, -0.2) is 4.79 Å². The first-order valence-electron chi connectivity index (χ1n) is 4.50. The lowest BCUT2D eigenvalue weighted by Gasteiger charge is -2.21. The van der Waals surface area contributed by atoms with Crippen LogP contribution in [0.5, 0.6) is 5.75 Å². The van der Waals surface area contributed by atoms with Crippen molar-refractivity contribution < 1.29 is 14.6 Å². The van der Waals surface area contributed by atoms with Crippen molar-refractivity contribution in [1.82, 2.24) is 0 Å². The molecule has 6 heteroatoms. The minimum absolute atomic E-state index is 0.242. The molecular formula is C9H8BNO4. The molecule has 76 valence electrons. The number of carboxylic acids is 1. The van der Waals surface area contributed by atoms with Gasteiger partial charge in [0.1, 0.15) is 5.75 Å². The number of hydrogen-bond acceptors (Lipinski definition) is 4. The minimum atomic E-state index is -1.01. The van der Waals surface area contributed by atoms with Gasteiger partial charge in [-0.3, -0.25) is 0 Å². The number of rotatable bonds is 4. The SMILES string of the molecule is O=NB1Cc2cc(OCC(=O)O)ccc21. The molecule has 0 radical (unpaired) electrons. The lowest BCUT2D eigenvalue weighted by Crippen LogP contribution is -2.44. The first-order chi connectivity index (χ1) is 7.20. The Morgan fingerprint density at radius 1 is 1.60 bits per heavy atom. The summed E-state index contributed by atoms with van der Waals surface area (Å²) in [4.78, 5) is 20.5. The summed E-state index contributed by atoms with van der Waals surface area (Å²) in [5.74, 6) is -0.495. The van der Waals surface area contributed by atoms with Crippen LogP contribution in [-0.4, -0.2) is 24.5 Å². The van der Waals surface area contributed by atoms with Crippen molar-refractivity contribution in [3.05, 3.63) is 28.7 Å². The van der Waals surface area contributed by atoms with Gasteiger partial charge in [-0.05, 0) is 23.9 Å². The van der Waals surface area contributed by atoms with E-state index in [2.05, 4.69) is 5.09 Å². The van der Waals surface area contributed by atoms with Crippen LogP contribution in [0.15, 0.2) is 23.3 Å². The van der Waals surface area contributed by atoms with Gasteiger partial charge in [0.25, 0.3) is 0 Å². The number of hydrogen-bond donors (Lipinski definition) is 1. The second kappa shape index (κ2) is 3.72. The van der Waals surface area contributed by atoms with Crippen LogP contribution in [0.4, 0.5) is 0 Å². The van der Waals surface area contributed by atoms with Crippen LogP contribution in [-0.2, 0) is 11.1 Å². The fourth-order valence-electron chi connectivity index (χ4n) is 1.60. The van der Waals surface area contributed by atoms with Crippen LogP contribution in [0, 0.1) is 4.91 Å². The maximum atomic E-state index is 10.3. The molecule has 0 unspecified atom stereocenters. The van der Waals surface area contributed by atoms with Crippen molar-refractivity contribution in [2.45, 2.75) is 6.32 Å². The van der Waals surface area contributed by atoms with Gasteiger partial charge in [-0.1, -0.05) is 11.6 Å². The molecule has 0 bridgehead atoms. The number of ether oxygens (including phenoxy) is 1. The summed E-state index contributed by atoms with van der Waals surface area (Å²) in [5, 5.41) is 11.4. The lowest BCUT2D eigenvalue weighted by atomic mass is 9.42. The smallest absolute Gasteiger partial charge is 0.374 e. The number of carbonyl (C=O) groups is 1. The van der Waals surface area contributed by atoms with E-state index in [0.717, 1.165) is 11.0 Å². The molecule has 1 heterocycles. The topological polar surface area (TPSA) is 76.0 Å². The molecule has 15 heavy (non-hydrogen) atoms. The number of nitroso groups, excluding NO2 is 1. The molecular weight excluding hydrogens is 197 g/mol. The van der Waals surface area contributed by atoms with Gasteiger partial charge >= 0.3 is 12.8 Å². The van der Waals surface area contributed by atoms with Crippen molar-refractivity contribution in [3.63, 3.8) is 0 Å². The monoisotopic (exact) mass is 205 g/mol. The van der Waals surface area contributed by atoms with Gasteiger partial charge in [-0.2, -0.15) is 4.91 Å². The van der Waals surface area contributed by atoms with E-state index in [1.807, 2.05) is 0 Å². The average molecular weight is 205 g/mol.